The third-order valence-electron chi connectivity index (χ3n) is 7.43. The van der Waals surface area contributed by atoms with Crippen LogP contribution in [0.2, 0.25) is 0 Å². The van der Waals surface area contributed by atoms with Crippen LogP contribution in [0.1, 0.15) is 25.0 Å². The Labute approximate surface area is 220 Å². The van der Waals surface area contributed by atoms with Crippen molar-refractivity contribution < 1.29 is 14.2 Å². The summed E-state index contributed by atoms with van der Waals surface area (Å²) in [5.74, 6) is 3.12. The van der Waals surface area contributed by atoms with Gasteiger partial charge in [0.1, 0.15) is 17.7 Å². The lowest BCUT2D eigenvalue weighted by Crippen LogP contribution is -2.37. The first kappa shape index (κ1) is 24.6. The monoisotopic (exact) mass is 517 g/mol. The van der Waals surface area contributed by atoms with Crippen LogP contribution in [0.25, 0.3) is 28.1 Å². The highest BCUT2D eigenvalue weighted by Crippen LogP contribution is 2.29. The SMILES string of the molecule is CC(=O)[N+](C)=NC1CCN(Cc2nc3c(N4CCOCC4)nc(-n4c(C)nc5ccccc54)nc3n2C)C1. The van der Waals surface area contributed by atoms with Crippen LogP contribution < -0.4 is 4.90 Å². The van der Waals surface area contributed by atoms with Gasteiger partial charge in [-0.15, -0.1) is 0 Å². The van der Waals surface area contributed by atoms with Gasteiger partial charge in [-0.25, -0.2) is 14.8 Å². The first-order valence-electron chi connectivity index (χ1n) is 13.1. The molecule has 1 atom stereocenters. The minimum atomic E-state index is -0.0512. The van der Waals surface area contributed by atoms with Crippen LogP contribution in [0.4, 0.5) is 5.82 Å². The van der Waals surface area contributed by atoms with E-state index >= 15 is 0 Å². The highest BCUT2D eigenvalue weighted by atomic mass is 16.5. The maximum absolute atomic E-state index is 11.6. The van der Waals surface area contributed by atoms with Crippen molar-refractivity contribution in [2.45, 2.75) is 32.9 Å². The van der Waals surface area contributed by atoms with Gasteiger partial charge >= 0.3 is 5.91 Å². The number of aryl methyl sites for hydroxylation is 2. The Morgan fingerprint density at radius 1 is 1.13 bits per heavy atom. The number of likely N-dealkylation sites (tertiary alicyclic amines) is 1. The molecule has 0 bridgehead atoms. The molecule has 4 aromatic rings. The molecule has 3 aromatic heterocycles. The predicted octanol–water partition coefficient (Wildman–Crippen LogP) is 2.06. The fourth-order valence-electron chi connectivity index (χ4n) is 5.29. The highest BCUT2D eigenvalue weighted by molar-refractivity contribution is 5.86. The number of imidazole rings is 2. The molecule has 5 heterocycles. The van der Waals surface area contributed by atoms with E-state index in [0.717, 1.165) is 72.3 Å². The number of carbonyl (C=O) groups excluding carboxylic acids is 1. The first-order chi connectivity index (χ1) is 18.4. The van der Waals surface area contributed by atoms with E-state index in [1.54, 1.807) is 7.05 Å². The summed E-state index contributed by atoms with van der Waals surface area (Å²) in [4.78, 5) is 36.1. The van der Waals surface area contributed by atoms with E-state index < -0.39 is 0 Å². The Balaban J connectivity index is 1.40. The van der Waals surface area contributed by atoms with E-state index in [0.29, 0.717) is 25.7 Å². The fourth-order valence-corrected chi connectivity index (χ4v) is 5.29. The van der Waals surface area contributed by atoms with Crippen molar-refractivity contribution in [2.24, 2.45) is 12.2 Å². The van der Waals surface area contributed by atoms with E-state index in [1.165, 1.54) is 11.6 Å². The van der Waals surface area contributed by atoms with Gasteiger partial charge < -0.3 is 14.2 Å². The number of benzene rings is 1. The lowest BCUT2D eigenvalue weighted by molar-refractivity contribution is -0.488. The van der Waals surface area contributed by atoms with Crippen molar-refractivity contribution in [3.8, 4) is 5.95 Å². The third kappa shape index (κ3) is 4.43. The van der Waals surface area contributed by atoms with Crippen LogP contribution in [0.5, 0.6) is 0 Å². The molecular weight excluding hydrogens is 484 g/mol. The zero-order chi connectivity index (χ0) is 26.4. The Morgan fingerprint density at radius 3 is 2.71 bits per heavy atom. The minimum absolute atomic E-state index is 0.0512. The number of ether oxygens (including phenoxy) is 1. The summed E-state index contributed by atoms with van der Waals surface area (Å²) < 4.78 is 11.1. The van der Waals surface area contributed by atoms with Gasteiger partial charge in [-0.2, -0.15) is 9.97 Å². The second-order valence-electron chi connectivity index (χ2n) is 10.0. The van der Waals surface area contributed by atoms with E-state index in [-0.39, 0.29) is 11.9 Å². The van der Waals surface area contributed by atoms with Crippen molar-refractivity contribution in [1.82, 2.24) is 34.0 Å². The zero-order valence-corrected chi connectivity index (χ0v) is 22.3. The van der Waals surface area contributed by atoms with Crippen molar-refractivity contribution in [3.63, 3.8) is 0 Å². The van der Waals surface area contributed by atoms with Crippen LogP contribution in [-0.4, -0.2) is 97.1 Å². The van der Waals surface area contributed by atoms with Crippen molar-refractivity contribution in [2.75, 3.05) is 51.3 Å². The lowest BCUT2D eigenvalue weighted by atomic mass is 10.3. The molecule has 0 saturated carbocycles. The van der Waals surface area contributed by atoms with Gasteiger partial charge in [0.15, 0.2) is 24.0 Å². The molecular formula is C26H33N10O2+. The molecule has 1 unspecified atom stereocenters. The maximum atomic E-state index is 11.6. The average Bonchev–Trinajstić information content (AvgIpc) is 3.59. The zero-order valence-electron chi connectivity index (χ0n) is 22.3. The molecule has 0 spiro atoms. The second kappa shape index (κ2) is 9.84. The number of aromatic nitrogens is 6. The quantitative estimate of drug-likeness (QED) is 0.292. The number of hydrogen-bond acceptors (Lipinski definition) is 9. The Kier molecular flexibility index (Phi) is 6.36. The van der Waals surface area contributed by atoms with Crippen LogP contribution in [0.15, 0.2) is 29.4 Å². The number of anilines is 1. The van der Waals surface area contributed by atoms with Gasteiger partial charge in [0.05, 0.1) is 37.7 Å². The normalized spacial score (nSPS) is 19.2. The average molecular weight is 518 g/mol. The Hall–Kier alpha value is -3.77. The summed E-state index contributed by atoms with van der Waals surface area (Å²) in [7, 11) is 3.73. The van der Waals surface area contributed by atoms with Crippen LogP contribution in [0.3, 0.4) is 0 Å². The highest BCUT2D eigenvalue weighted by Gasteiger charge is 2.29. The van der Waals surface area contributed by atoms with E-state index in [4.69, 9.17) is 24.7 Å². The molecule has 6 rings (SSSR count). The topological polar surface area (TPSA) is 110 Å². The molecule has 2 fully saturated rings. The summed E-state index contributed by atoms with van der Waals surface area (Å²) in [6.45, 7) is 8.68. The number of rotatable bonds is 5. The van der Waals surface area contributed by atoms with Crippen LogP contribution in [-0.2, 0) is 23.1 Å². The van der Waals surface area contributed by atoms with E-state index in [1.807, 2.05) is 42.8 Å². The van der Waals surface area contributed by atoms with Crippen molar-refractivity contribution in [3.05, 3.63) is 35.9 Å². The first-order valence-corrected chi connectivity index (χ1v) is 13.1. The smallest absolute Gasteiger partial charge is 0.378 e. The molecule has 12 heteroatoms. The Morgan fingerprint density at radius 2 is 1.92 bits per heavy atom. The number of hydrogen-bond donors (Lipinski definition) is 0. The van der Waals surface area contributed by atoms with Crippen LogP contribution in [0, 0.1) is 6.92 Å². The number of fused-ring (bicyclic) bond motifs is 2. The van der Waals surface area contributed by atoms with Gasteiger partial charge in [-0.3, -0.25) is 9.47 Å². The molecule has 1 amide bonds. The molecule has 12 nitrogen and oxygen atoms in total. The number of amides is 1. The standard InChI is InChI=1S/C26H33N10O2/c1-17-27-20-7-5-6-8-21(20)36(17)26-29-24-23(25(30-26)35-11-13-38-14-12-35)28-22(32(24)3)16-34-10-9-19(15-34)31-33(4)18(2)37/h5-8,19H,9-16H2,1-4H3/q+1. The summed E-state index contributed by atoms with van der Waals surface area (Å²) >= 11 is 0. The predicted molar refractivity (Wildman–Crippen MR) is 142 cm³/mol. The van der Waals surface area contributed by atoms with Crippen molar-refractivity contribution in [1.29, 1.82) is 0 Å². The molecule has 1 aromatic carbocycles. The number of azo groups is 2. The van der Waals surface area contributed by atoms with Crippen LogP contribution >= 0.6 is 0 Å². The van der Waals surface area contributed by atoms with Gasteiger partial charge in [-0.1, -0.05) is 16.8 Å². The number of nitrogens with zero attached hydrogens (tertiary/aromatic N) is 10. The number of morpholine rings is 1. The molecule has 2 aliphatic rings. The largest absolute Gasteiger partial charge is 0.407 e. The van der Waals surface area contributed by atoms with Gasteiger partial charge in [0.25, 0.3) is 0 Å². The van der Waals surface area contributed by atoms with Gasteiger partial charge in [-0.05, 0) is 30.6 Å². The van der Waals surface area contributed by atoms with Gasteiger partial charge in [0.2, 0.25) is 5.95 Å². The summed E-state index contributed by atoms with van der Waals surface area (Å²) in [5, 5.41) is 4.55. The molecule has 0 aliphatic carbocycles. The number of para-hydroxylation sites is 2. The molecule has 2 saturated heterocycles. The van der Waals surface area contributed by atoms with E-state index in [2.05, 4.69) is 19.5 Å². The fraction of sp³-hybridized carbons (Fsp3) is 0.500. The van der Waals surface area contributed by atoms with Gasteiger partial charge in [0, 0.05) is 33.2 Å². The molecule has 0 N–H and O–H groups in total. The third-order valence-corrected chi connectivity index (χ3v) is 7.43. The maximum Gasteiger partial charge on any atom is 0.407 e. The molecule has 2 aliphatic heterocycles. The summed E-state index contributed by atoms with van der Waals surface area (Å²) in [5.41, 5.74) is 3.48. The molecule has 38 heavy (non-hydrogen) atoms. The molecule has 0 radical (unpaired) electrons. The second-order valence-corrected chi connectivity index (χ2v) is 10.0. The van der Waals surface area contributed by atoms with Crippen molar-refractivity contribution >= 4 is 33.9 Å². The molecule has 198 valence electrons. The lowest BCUT2D eigenvalue weighted by Gasteiger charge is -2.28. The minimum Gasteiger partial charge on any atom is -0.378 e. The summed E-state index contributed by atoms with van der Waals surface area (Å²) in [6, 6.07) is 8.15. The Bertz CT molecular complexity index is 1550. The van der Waals surface area contributed by atoms with E-state index in [9.17, 15) is 4.79 Å². The summed E-state index contributed by atoms with van der Waals surface area (Å²) in [6.07, 6.45) is 0.914. The number of carbonyl (C=O) groups is 1.